The molecule has 118 valence electrons. The first kappa shape index (κ1) is 16.5. The van der Waals surface area contributed by atoms with E-state index in [-0.39, 0.29) is 5.41 Å². The van der Waals surface area contributed by atoms with Crippen molar-refractivity contribution >= 4 is 0 Å². The van der Waals surface area contributed by atoms with Crippen molar-refractivity contribution in [2.24, 2.45) is 5.92 Å². The van der Waals surface area contributed by atoms with Gasteiger partial charge in [-0.3, -0.25) is 0 Å². The Morgan fingerprint density at radius 1 is 1.00 bits per heavy atom. The largest absolute Gasteiger partial charge is 0.317 e. The molecule has 0 spiro atoms. The Morgan fingerprint density at radius 3 is 2.29 bits per heavy atom. The van der Waals surface area contributed by atoms with Crippen LogP contribution in [0, 0.1) is 5.92 Å². The summed E-state index contributed by atoms with van der Waals surface area (Å²) in [7, 11) is 0. The summed E-state index contributed by atoms with van der Waals surface area (Å²) in [4.78, 5) is 0. The highest BCUT2D eigenvalue weighted by atomic mass is 14.8. The summed E-state index contributed by atoms with van der Waals surface area (Å²) in [6.07, 6.45) is 6.98. The lowest BCUT2D eigenvalue weighted by Gasteiger charge is -2.27. The minimum atomic E-state index is 0.255. The molecule has 1 aliphatic carbocycles. The van der Waals surface area contributed by atoms with Crippen molar-refractivity contribution < 1.29 is 0 Å². The average molecular weight is 287 g/mol. The fraction of sp³-hybridized carbons (Fsp3) is 0.700. The van der Waals surface area contributed by atoms with Gasteiger partial charge in [-0.2, -0.15) is 0 Å². The summed E-state index contributed by atoms with van der Waals surface area (Å²) in [6, 6.07) is 9.50. The molecule has 2 rings (SSSR count). The molecular formula is C20H33N. The average Bonchev–Trinajstić information content (AvgIpc) is 2.69. The van der Waals surface area contributed by atoms with Crippen molar-refractivity contribution in [2.45, 2.75) is 71.1 Å². The summed E-state index contributed by atoms with van der Waals surface area (Å²) in [6.45, 7) is 11.4. The van der Waals surface area contributed by atoms with E-state index in [0.717, 1.165) is 18.4 Å². The second kappa shape index (κ2) is 7.45. The van der Waals surface area contributed by atoms with E-state index in [1.165, 1.54) is 44.2 Å². The van der Waals surface area contributed by atoms with Gasteiger partial charge in [-0.15, -0.1) is 0 Å². The maximum Gasteiger partial charge on any atom is -0.00148 e. The van der Waals surface area contributed by atoms with Crippen LogP contribution in [-0.4, -0.2) is 13.1 Å². The Hall–Kier alpha value is -0.820. The molecule has 0 amide bonds. The maximum absolute atomic E-state index is 3.58. The second-order valence-electron chi connectivity index (χ2n) is 7.68. The summed E-state index contributed by atoms with van der Waals surface area (Å²) >= 11 is 0. The Balaban J connectivity index is 2.15. The molecule has 2 unspecified atom stereocenters. The first-order chi connectivity index (χ1) is 10.0. The van der Waals surface area contributed by atoms with Gasteiger partial charge in [0.2, 0.25) is 0 Å². The lowest BCUT2D eigenvalue weighted by molar-refractivity contribution is 0.378. The molecule has 1 aromatic carbocycles. The second-order valence-corrected chi connectivity index (χ2v) is 7.68. The van der Waals surface area contributed by atoms with Crippen LogP contribution in [0.5, 0.6) is 0 Å². The predicted octanol–water partition coefficient (Wildman–Crippen LogP) is 5.26. The van der Waals surface area contributed by atoms with Crippen LogP contribution in [0.15, 0.2) is 24.3 Å². The molecule has 1 aromatic rings. The zero-order chi connectivity index (χ0) is 15.3. The lowest BCUT2D eigenvalue weighted by Crippen LogP contribution is -2.26. The van der Waals surface area contributed by atoms with E-state index in [1.54, 1.807) is 5.56 Å². The molecule has 0 heterocycles. The third kappa shape index (κ3) is 4.57. The quantitative estimate of drug-likeness (QED) is 0.745. The highest BCUT2D eigenvalue weighted by Gasteiger charge is 2.25. The first-order valence-electron chi connectivity index (χ1n) is 8.83. The molecule has 1 nitrogen and oxygen atoms in total. The number of hydrogen-bond donors (Lipinski definition) is 1. The molecule has 1 saturated carbocycles. The van der Waals surface area contributed by atoms with E-state index < -0.39 is 0 Å². The van der Waals surface area contributed by atoms with Gasteiger partial charge in [0.05, 0.1) is 0 Å². The van der Waals surface area contributed by atoms with Gasteiger partial charge in [0.1, 0.15) is 0 Å². The molecular weight excluding hydrogens is 254 g/mol. The Morgan fingerprint density at radius 2 is 1.67 bits per heavy atom. The normalized spacial score (nSPS) is 23.8. The van der Waals surface area contributed by atoms with E-state index in [1.807, 2.05) is 0 Å². The summed E-state index contributed by atoms with van der Waals surface area (Å²) < 4.78 is 0. The lowest BCUT2D eigenvalue weighted by atomic mass is 9.80. The van der Waals surface area contributed by atoms with Gasteiger partial charge in [-0.1, -0.05) is 71.2 Å². The van der Waals surface area contributed by atoms with E-state index in [9.17, 15) is 0 Å². The zero-order valence-corrected chi connectivity index (χ0v) is 14.4. The Kier molecular flexibility index (Phi) is 5.87. The Labute approximate surface area is 131 Å². The minimum absolute atomic E-state index is 0.255. The number of rotatable bonds is 4. The third-order valence-electron chi connectivity index (χ3n) is 5.02. The summed E-state index contributed by atoms with van der Waals surface area (Å²) in [5.74, 6) is 1.56. The van der Waals surface area contributed by atoms with E-state index in [2.05, 4.69) is 57.3 Å². The van der Waals surface area contributed by atoms with Crippen LogP contribution < -0.4 is 5.32 Å². The smallest absolute Gasteiger partial charge is 0.00148 e. The van der Waals surface area contributed by atoms with Crippen molar-refractivity contribution in [1.82, 2.24) is 5.32 Å². The van der Waals surface area contributed by atoms with Crippen LogP contribution >= 0.6 is 0 Å². The van der Waals surface area contributed by atoms with Crippen molar-refractivity contribution in [2.75, 3.05) is 13.1 Å². The van der Waals surface area contributed by atoms with Gasteiger partial charge in [0.15, 0.2) is 0 Å². The SMILES string of the molecule is CCNCC1CCCCCC1c1ccc(C(C)(C)C)cc1. The Bertz CT molecular complexity index is 412. The number of nitrogens with one attached hydrogen (secondary N) is 1. The van der Waals surface area contributed by atoms with Crippen LogP contribution in [0.25, 0.3) is 0 Å². The molecule has 21 heavy (non-hydrogen) atoms. The maximum atomic E-state index is 3.58. The zero-order valence-electron chi connectivity index (χ0n) is 14.4. The minimum Gasteiger partial charge on any atom is -0.317 e. The van der Waals surface area contributed by atoms with Gasteiger partial charge >= 0.3 is 0 Å². The van der Waals surface area contributed by atoms with E-state index >= 15 is 0 Å². The van der Waals surface area contributed by atoms with Gasteiger partial charge in [-0.05, 0) is 54.3 Å². The number of hydrogen-bond acceptors (Lipinski definition) is 1. The molecule has 0 aromatic heterocycles. The molecule has 1 N–H and O–H groups in total. The molecule has 1 aliphatic rings. The van der Waals surface area contributed by atoms with E-state index in [4.69, 9.17) is 0 Å². The topological polar surface area (TPSA) is 12.0 Å². The molecule has 0 aliphatic heterocycles. The molecule has 0 radical (unpaired) electrons. The van der Waals surface area contributed by atoms with Crippen LogP contribution in [-0.2, 0) is 5.41 Å². The third-order valence-corrected chi connectivity index (χ3v) is 5.02. The summed E-state index contributed by atoms with van der Waals surface area (Å²) in [5, 5.41) is 3.58. The van der Waals surface area contributed by atoms with Crippen LogP contribution in [0.2, 0.25) is 0 Å². The molecule has 0 bridgehead atoms. The van der Waals surface area contributed by atoms with Crippen molar-refractivity contribution in [1.29, 1.82) is 0 Å². The molecule has 1 heteroatoms. The monoisotopic (exact) mass is 287 g/mol. The van der Waals surface area contributed by atoms with Gasteiger partial charge in [0.25, 0.3) is 0 Å². The predicted molar refractivity (Wildman–Crippen MR) is 93.0 cm³/mol. The van der Waals surface area contributed by atoms with Crippen LogP contribution in [0.3, 0.4) is 0 Å². The van der Waals surface area contributed by atoms with Gasteiger partial charge in [0, 0.05) is 0 Å². The highest BCUT2D eigenvalue weighted by Crippen LogP contribution is 2.37. The van der Waals surface area contributed by atoms with Crippen molar-refractivity contribution in [3.8, 4) is 0 Å². The van der Waals surface area contributed by atoms with Crippen LogP contribution in [0.4, 0.5) is 0 Å². The molecule has 1 fully saturated rings. The first-order valence-corrected chi connectivity index (χ1v) is 8.83. The van der Waals surface area contributed by atoms with Crippen molar-refractivity contribution in [3.63, 3.8) is 0 Å². The highest BCUT2D eigenvalue weighted by molar-refractivity contribution is 5.30. The standard InChI is InChI=1S/C20H33N/c1-5-21-15-17-9-7-6-8-10-19(17)16-11-13-18(14-12-16)20(2,3)4/h11-14,17,19,21H,5-10,15H2,1-4H3. The molecule has 0 saturated heterocycles. The van der Waals surface area contributed by atoms with E-state index in [0.29, 0.717) is 0 Å². The fourth-order valence-electron chi connectivity index (χ4n) is 3.63. The van der Waals surface area contributed by atoms with Gasteiger partial charge in [-0.25, -0.2) is 0 Å². The summed E-state index contributed by atoms with van der Waals surface area (Å²) in [5.41, 5.74) is 3.27. The fourth-order valence-corrected chi connectivity index (χ4v) is 3.63. The number of benzene rings is 1. The molecule has 2 atom stereocenters. The van der Waals surface area contributed by atoms with Crippen LogP contribution in [0.1, 0.15) is 76.8 Å². The van der Waals surface area contributed by atoms with Crippen molar-refractivity contribution in [3.05, 3.63) is 35.4 Å². The van der Waals surface area contributed by atoms with Gasteiger partial charge < -0.3 is 5.32 Å².